The number of hydrogen-bond acceptors (Lipinski definition) is 6. The number of ether oxygens (including phenoxy) is 1. The van der Waals surface area contributed by atoms with Gasteiger partial charge in [0.25, 0.3) is 11.5 Å². The Hall–Kier alpha value is -3.91. The molecule has 33 heavy (non-hydrogen) atoms. The maximum atomic E-state index is 12.6. The summed E-state index contributed by atoms with van der Waals surface area (Å²) < 4.78 is 6.85. The van der Waals surface area contributed by atoms with Crippen LogP contribution in [-0.2, 0) is 12.3 Å². The van der Waals surface area contributed by atoms with E-state index in [0.29, 0.717) is 11.4 Å². The van der Waals surface area contributed by atoms with Gasteiger partial charge in [-0.1, -0.05) is 24.3 Å². The van der Waals surface area contributed by atoms with Crippen LogP contribution < -0.4 is 15.6 Å². The van der Waals surface area contributed by atoms with Crippen LogP contribution in [0.5, 0.6) is 5.75 Å². The highest BCUT2D eigenvalue weighted by atomic mass is 32.2. The Bertz CT molecular complexity index is 1250. The third-order valence-corrected chi connectivity index (χ3v) is 5.74. The summed E-state index contributed by atoms with van der Waals surface area (Å²) >= 11 is 1.69. The third-order valence-electron chi connectivity index (χ3n) is 4.65. The Labute approximate surface area is 195 Å². The van der Waals surface area contributed by atoms with Crippen molar-refractivity contribution in [3.8, 4) is 5.75 Å². The van der Waals surface area contributed by atoms with E-state index in [0.717, 1.165) is 16.2 Å². The van der Waals surface area contributed by atoms with Gasteiger partial charge in [0.1, 0.15) is 18.1 Å². The molecule has 0 unspecified atom stereocenters. The van der Waals surface area contributed by atoms with Gasteiger partial charge in [0.05, 0.1) is 6.54 Å². The van der Waals surface area contributed by atoms with Crippen LogP contribution in [0.25, 0.3) is 0 Å². The molecule has 4 rings (SSSR count). The number of thioether (sulfide) groups is 1. The number of nitrogens with one attached hydrogen (secondary N) is 1. The van der Waals surface area contributed by atoms with Gasteiger partial charge in [0, 0.05) is 34.8 Å². The maximum absolute atomic E-state index is 12.6. The highest BCUT2D eigenvalue weighted by Crippen LogP contribution is 2.24. The first-order chi connectivity index (χ1) is 16.2. The van der Waals surface area contributed by atoms with Crippen LogP contribution >= 0.6 is 11.8 Å². The van der Waals surface area contributed by atoms with Gasteiger partial charge in [0.15, 0.2) is 0 Å². The topological polar surface area (TPSA) is 86.1 Å². The van der Waals surface area contributed by atoms with Gasteiger partial charge >= 0.3 is 0 Å². The van der Waals surface area contributed by atoms with Gasteiger partial charge in [-0.05, 0) is 54.1 Å². The first kappa shape index (κ1) is 22.3. The minimum absolute atomic E-state index is 0.157. The average Bonchev–Trinajstić information content (AvgIpc) is 2.86. The van der Waals surface area contributed by atoms with Gasteiger partial charge in [-0.15, -0.1) is 11.8 Å². The Balaban J connectivity index is 1.33. The first-order valence-electron chi connectivity index (χ1n) is 10.4. The van der Waals surface area contributed by atoms with Gasteiger partial charge in [-0.3, -0.25) is 14.6 Å². The van der Waals surface area contributed by atoms with E-state index in [1.807, 2.05) is 72.9 Å². The van der Waals surface area contributed by atoms with Gasteiger partial charge in [-0.25, -0.2) is 4.68 Å². The van der Waals surface area contributed by atoms with Crippen LogP contribution in [0, 0.1) is 0 Å². The molecule has 0 aliphatic carbocycles. The van der Waals surface area contributed by atoms with E-state index in [1.54, 1.807) is 18.0 Å². The summed E-state index contributed by atoms with van der Waals surface area (Å²) in [5, 5.41) is 7.00. The van der Waals surface area contributed by atoms with Crippen LogP contribution in [0.2, 0.25) is 0 Å². The number of nitrogens with zero attached hydrogens (tertiary/aromatic N) is 3. The largest absolute Gasteiger partial charge is 0.492 e. The number of amides is 1. The Morgan fingerprint density at radius 1 is 0.970 bits per heavy atom. The van der Waals surface area contributed by atoms with E-state index in [-0.39, 0.29) is 30.3 Å². The number of rotatable bonds is 9. The molecule has 1 N–H and O–H groups in total. The van der Waals surface area contributed by atoms with Crippen molar-refractivity contribution in [1.82, 2.24) is 14.8 Å². The monoisotopic (exact) mass is 458 g/mol. The van der Waals surface area contributed by atoms with Crippen molar-refractivity contribution in [2.75, 3.05) is 11.9 Å². The molecular formula is C25H22N4O3S. The summed E-state index contributed by atoms with van der Waals surface area (Å²) in [6, 6.07) is 23.6. The summed E-state index contributed by atoms with van der Waals surface area (Å²) in [6.45, 7) is 0.498. The van der Waals surface area contributed by atoms with E-state index in [9.17, 15) is 9.59 Å². The van der Waals surface area contributed by atoms with Crippen LogP contribution in [0.3, 0.4) is 0 Å². The van der Waals surface area contributed by atoms with Gasteiger partial charge in [0.2, 0.25) is 0 Å². The van der Waals surface area contributed by atoms with Crippen LogP contribution in [0.1, 0.15) is 16.1 Å². The predicted molar refractivity (Wildman–Crippen MR) is 129 cm³/mol. The lowest BCUT2D eigenvalue weighted by atomic mass is 10.3. The number of aromatic nitrogens is 3. The molecule has 0 aliphatic rings. The summed E-state index contributed by atoms with van der Waals surface area (Å²) in [5.41, 5.74) is 1.66. The highest BCUT2D eigenvalue weighted by Gasteiger charge is 2.10. The van der Waals surface area contributed by atoms with E-state index < -0.39 is 0 Å². The fourth-order valence-corrected chi connectivity index (χ4v) is 3.81. The van der Waals surface area contributed by atoms with Crippen LogP contribution in [-0.4, -0.2) is 27.3 Å². The molecule has 2 aromatic heterocycles. The molecule has 2 heterocycles. The van der Waals surface area contributed by atoms with Crippen molar-refractivity contribution in [1.29, 1.82) is 0 Å². The molecule has 7 nitrogen and oxygen atoms in total. The maximum Gasteiger partial charge on any atom is 0.276 e. The van der Waals surface area contributed by atoms with Crippen molar-refractivity contribution in [2.24, 2.45) is 0 Å². The molecule has 0 aliphatic heterocycles. The summed E-state index contributed by atoms with van der Waals surface area (Å²) in [5.74, 6) is 1.14. The van der Waals surface area contributed by atoms with E-state index in [4.69, 9.17) is 4.74 Å². The number of carbonyl (C=O) groups excluding carboxylic acids is 1. The number of hydrogen-bond donors (Lipinski definition) is 1. The van der Waals surface area contributed by atoms with Gasteiger partial charge < -0.3 is 10.1 Å². The number of anilines is 1. The average molecular weight is 459 g/mol. The fraction of sp³-hybridized carbons (Fsp3) is 0.120. The molecule has 0 fully saturated rings. The number of carbonyl (C=O) groups is 1. The Morgan fingerprint density at radius 2 is 1.79 bits per heavy atom. The van der Waals surface area contributed by atoms with Crippen LogP contribution in [0.15, 0.2) is 101 Å². The molecule has 0 saturated heterocycles. The van der Waals surface area contributed by atoms with Crippen molar-refractivity contribution in [3.63, 3.8) is 0 Å². The smallest absolute Gasteiger partial charge is 0.276 e. The molecule has 0 bridgehead atoms. The fourth-order valence-electron chi connectivity index (χ4n) is 2.98. The number of para-hydroxylation sites is 1. The van der Waals surface area contributed by atoms with Gasteiger partial charge in [-0.2, -0.15) is 5.10 Å². The second-order valence-corrected chi connectivity index (χ2v) is 8.12. The lowest BCUT2D eigenvalue weighted by Crippen LogP contribution is -2.28. The molecule has 8 heteroatoms. The quantitative estimate of drug-likeness (QED) is 0.377. The zero-order valence-corrected chi connectivity index (χ0v) is 18.6. The number of pyridine rings is 1. The first-order valence-corrected chi connectivity index (χ1v) is 11.3. The molecule has 0 saturated carbocycles. The van der Waals surface area contributed by atoms with Crippen molar-refractivity contribution >= 4 is 23.4 Å². The Kier molecular flexibility index (Phi) is 7.50. The summed E-state index contributed by atoms with van der Waals surface area (Å²) in [7, 11) is 0. The molecule has 2 aromatic carbocycles. The molecule has 0 atom stereocenters. The molecule has 4 aromatic rings. The number of benzene rings is 2. The molecule has 0 spiro atoms. The lowest BCUT2D eigenvalue weighted by molar-refractivity contribution is 0.101. The highest BCUT2D eigenvalue weighted by molar-refractivity contribution is 7.98. The van der Waals surface area contributed by atoms with Crippen molar-refractivity contribution < 1.29 is 9.53 Å². The lowest BCUT2D eigenvalue weighted by Gasteiger charge is -2.09. The summed E-state index contributed by atoms with van der Waals surface area (Å²) in [6.07, 6.45) is 3.60. The van der Waals surface area contributed by atoms with Crippen molar-refractivity contribution in [3.05, 3.63) is 113 Å². The van der Waals surface area contributed by atoms with E-state index >= 15 is 0 Å². The normalized spacial score (nSPS) is 10.5. The van der Waals surface area contributed by atoms with E-state index in [2.05, 4.69) is 15.4 Å². The predicted octanol–water partition coefficient (Wildman–Crippen LogP) is 4.26. The molecule has 1 amide bonds. The molecular weight excluding hydrogens is 436 g/mol. The Morgan fingerprint density at radius 3 is 2.55 bits per heavy atom. The van der Waals surface area contributed by atoms with Crippen molar-refractivity contribution in [2.45, 2.75) is 17.2 Å². The summed E-state index contributed by atoms with van der Waals surface area (Å²) in [4.78, 5) is 29.9. The third kappa shape index (κ3) is 6.54. The van der Waals surface area contributed by atoms with Crippen LogP contribution in [0.4, 0.5) is 5.69 Å². The zero-order chi connectivity index (χ0) is 22.9. The molecule has 0 radical (unpaired) electrons. The minimum Gasteiger partial charge on any atom is -0.492 e. The minimum atomic E-state index is -0.386. The second-order valence-electron chi connectivity index (χ2n) is 7.07. The molecule has 166 valence electrons. The second kappa shape index (κ2) is 11.1. The SMILES string of the molecule is O=C(Nc1ccc(SCc2cccnc2)cc1)c1ccc(=O)n(CCOc2ccccc2)n1. The zero-order valence-electron chi connectivity index (χ0n) is 17.8. The standard InChI is InChI=1S/C25H22N4O3S/c30-24-13-12-23(28-29(24)15-16-32-21-6-2-1-3-7-21)25(31)27-20-8-10-22(11-9-20)33-18-19-5-4-14-26-17-19/h1-14,17H,15-16,18H2,(H,27,31). The van der Waals surface area contributed by atoms with E-state index in [1.165, 1.54) is 16.8 Å².